The van der Waals surface area contributed by atoms with Crippen LogP contribution < -0.4 is 15.2 Å². The highest BCUT2D eigenvalue weighted by Crippen LogP contribution is 2.44. The fraction of sp³-hybridized carbons (Fsp3) is 0.500. The first-order chi connectivity index (χ1) is 8.36. The summed E-state index contributed by atoms with van der Waals surface area (Å²) in [6.07, 6.45) is 2.13. The molecule has 0 atom stereocenters. The van der Waals surface area contributed by atoms with E-state index >= 15 is 0 Å². The maximum Gasteiger partial charge on any atom is 0.242 e. The van der Waals surface area contributed by atoms with Gasteiger partial charge in [-0.2, -0.15) is 0 Å². The van der Waals surface area contributed by atoms with Crippen LogP contribution in [0.3, 0.4) is 0 Å². The minimum absolute atomic E-state index is 0.104. The molecule has 1 aliphatic carbocycles. The molecule has 1 aliphatic rings. The van der Waals surface area contributed by atoms with E-state index in [1.165, 1.54) is 19.2 Å². The number of hydrogen-bond acceptors (Lipinski definition) is 4. The van der Waals surface area contributed by atoms with Crippen LogP contribution in [0, 0.1) is 5.41 Å². The molecule has 0 aromatic heterocycles. The van der Waals surface area contributed by atoms with Crippen molar-refractivity contribution in [2.24, 2.45) is 5.41 Å². The summed E-state index contributed by atoms with van der Waals surface area (Å²) >= 11 is 0. The number of ether oxygens (including phenoxy) is 1. The molecule has 0 radical (unpaired) electrons. The maximum atomic E-state index is 12.1. The van der Waals surface area contributed by atoms with Gasteiger partial charge < -0.3 is 10.5 Å². The SMILES string of the molecule is COc1ccc(S(=O)(=O)NCC2(C)CC2)c(N)c1. The highest BCUT2D eigenvalue weighted by atomic mass is 32.2. The molecule has 18 heavy (non-hydrogen) atoms. The van der Waals surface area contributed by atoms with Gasteiger partial charge >= 0.3 is 0 Å². The zero-order chi connectivity index (χ0) is 13.4. The highest BCUT2D eigenvalue weighted by Gasteiger charge is 2.38. The van der Waals surface area contributed by atoms with Crippen molar-refractivity contribution in [1.82, 2.24) is 4.72 Å². The summed E-state index contributed by atoms with van der Waals surface area (Å²) in [5, 5.41) is 0. The van der Waals surface area contributed by atoms with Gasteiger partial charge in [-0.25, -0.2) is 13.1 Å². The van der Waals surface area contributed by atoms with E-state index in [0.717, 1.165) is 12.8 Å². The normalized spacial score (nSPS) is 17.4. The van der Waals surface area contributed by atoms with Crippen LogP contribution in [-0.2, 0) is 10.0 Å². The molecule has 2 rings (SSSR count). The van der Waals surface area contributed by atoms with Crippen LogP contribution in [0.1, 0.15) is 19.8 Å². The van der Waals surface area contributed by atoms with Crippen molar-refractivity contribution >= 4 is 15.7 Å². The van der Waals surface area contributed by atoms with Crippen LogP contribution in [0.5, 0.6) is 5.75 Å². The van der Waals surface area contributed by atoms with Crippen LogP contribution in [-0.4, -0.2) is 22.1 Å². The van der Waals surface area contributed by atoms with E-state index in [4.69, 9.17) is 10.5 Å². The Hall–Kier alpha value is -1.27. The average molecular weight is 270 g/mol. The summed E-state index contributed by atoms with van der Waals surface area (Å²) in [4.78, 5) is 0.104. The van der Waals surface area contributed by atoms with Crippen molar-refractivity contribution in [2.75, 3.05) is 19.4 Å². The lowest BCUT2D eigenvalue weighted by atomic mass is 10.2. The average Bonchev–Trinajstić information content (AvgIpc) is 3.05. The number of hydrogen-bond donors (Lipinski definition) is 2. The molecule has 1 fully saturated rings. The minimum atomic E-state index is -3.54. The molecule has 0 heterocycles. The molecule has 0 unspecified atom stereocenters. The molecule has 1 aromatic carbocycles. The smallest absolute Gasteiger partial charge is 0.242 e. The number of rotatable bonds is 5. The van der Waals surface area contributed by atoms with E-state index in [1.807, 2.05) is 0 Å². The first-order valence-electron chi connectivity index (χ1n) is 5.79. The Bertz CT molecular complexity index is 550. The van der Waals surface area contributed by atoms with Crippen molar-refractivity contribution in [1.29, 1.82) is 0 Å². The second-order valence-corrected chi connectivity index (χ2v) is 6.77. The number of nitrogens with one attached hydrogen (secondary N) is 1. The summed E-state index contributed by atoms with van der Waals surface area (Å²) in [7, 11) is -2.03. The molecule has 1 saturated carbocycles. The van der Waals surface area contributed by atoms with E-state index in [2.05, 4.69) is 11.6 Å². The summed E-state index contributed by atoms with van der Waals surface area (Å²) in [6.45, 7) is 2.52. The Morgan fingerprint density at radius 3 is 2.61 bits per heavy atom. The monoisotopic (exact) mass is 270 g/mol. The van der Waals surface area contributed by atoms with Gasteiger partial charge in [-0.3, -0.25) is 0 Å². The van der Waals surface area contributed by atoms with Crippen molar-refractivity contribution in [3.63, 3.8) is 0 Å². The maximum absolute atomic E-state index is 12.1. The molecular formula is C12H18N2O3S. The molecular weight excluding hydrogens is 252 g/mol. The molecule has 0 bridgehead atoms. The Balaban J connectivity index is 2.18. The topological polar surface area (TPSA) is 81.4 Å². The second kappa shape index (κ2) is 4.44. The molecule has 0 saturated heterocycles. The third-order valence-electron chi connectivity index (χ3n) is 3.30. The van der Waals surface area contributed by atoms with E-state index in [9.17, 15) is 8.42 Å². The molecule has 0 aliphatic heterocycles. The van der Waals surface area contributed by atoms with Crippen LogP contribution in [0.4, 0.5) is 5.69 Å². The predicted octanol–water partition coefficient (Wildman–Crippen LogP) is 1.36. The zero-order valence-corrected chi connectivity index (χ0v) is 11.4. The molecule has 6 heteroatoms. The lowest BCUT2D eigenvalue weighted by Crippen LogP contribution is -2.29. The Kier molecular flexibility index (Phi) is 3.25. The van der Waals surface area contributed by atoms with E-state index in [1.54, 1.807) is 6.07 Å². The van der Waals surface area contributed by atoms with E-state index in [-0.39, 0.29) is 16.0 Å². The van der Waals surface area contributed by atoms with Crippen LogP contribution in [0.25, 0.3) is 0 Å². The summed E-state index contributed by atoms with van der Waals surface area (Å²) in [5.41, 5.74) is 6.06. The van der Waals surface area contributed by atoms with Crippen molar-refractivity contribution < 1.29 is 13.2 Å². The third-order valence-corrected chi connectivity index (χ3v) is 4.77. The van der Waals surface area contributed by atoms with Crippen LogP contribution in [0.2, 0.25) is 0 Å². The number of anilines is 1. The predicted molar refractivity (Wildman–Crippen MR) is 69.9 cm³/mol. The number of nitrogens with two attached hydrogens (primary N) is 1. The summed E-state index contributed by atoms with van der Waals surface area (Å²) in [5.74, 6) is 0.542. The zero-order valence-electron chi connectivity index (χ0n) is 10.6. The first-order valence-corrected chi connectivity index (χ1v) is 7.28. The Morgan fingerprint density at radius 2 is 2.11 bits per heavy atom. The lowest BCUT2D eigenvalue weighted by Gasteiger charge is -2.13. The number of nitrogen functional groups attached to an aromatic ring is 1. The molecule has 100 valence electrons. The number of sulfonamides is 1. The standard InChI is InChI=1S/C12H18N2O3S/c1-12(5-6-12)8-14-18(15,16)11-4-3-9(17-2)7-10(11)13/h3-4,7,14H,5-6,8,13H2,1-2H3. The van der Waals surface area contributed by atoms with Gasteiger partial charge in [-0.15, -0.1) is 0 Å². The summed E-state index contributed by atoms with van der Waals surface area (Å²) in [6, 6.07) is 4.56. The lowest BCUT2D eigenvalue weighted by molar-refractivity contribution is 0.414. The van der Waals surface area contributed by atoms with Gasteiger partial charge in [0.1, 0.15) is 10.6 Å². The van der Waals surface area contributed by atoms with Gasteiger partial charge in [-0.05, 0) is 30.4 Å². The summed E-state index contributed by atoms with van der Waals surface area (Å²) < 4.78 is 31.8. The van der Waals surface area contributed by atoms with Crippen molar-refractivity contribution in [2.45, 2.75) is 24.7 Å². The van der Waals surface area contributed by atoms with Gasteiger partial charge in [-0.1, -0.05) is 6.92 Å². The number of benzene rings is 1. The fourth-order valence-corrected chi connectivity index (χ4v) is 2.95. The third kappa shape index (κ3) is 2.76. The van der Waals surface area contributed by atoms with Crippen molar-refractivity contribution in [3.8, 4) is 5.75 Å². The molecule has 5 nitrogen and oxygen atoms in total. The Morgan fingerprint density at radius 1 is 1.44 bits per heavy atom. The second-order valence-electron chi connectivity index (χ2n) is 5.04. The van der Waals surface area contributed by atoms with Gasteiger partial charge in [0.2, 0.25) is 10.0 Å². The highest BCUT2D eigenvalue weighted by molar-refractivity contribution is 7.89. The largest absolute Gasteiger partial charge is 0.497 e. The van der Waals surface area contributed by atoms with Gasteiger partial charge in [0.25, 0.3) is 0 Å². The molecule has 1 aromatic rings. The quantitative estimate of drug-likeness (QED) is 0.791. The van der Waals surface area contributed by atoms with E-state index in [0.29, 0.717) is 12.3 Å². The Labute approximate surface area is 107 Å². The van der Waals surface area contributed by atoms with Crippen molar-refractivity contribution in [3.05, 3.63) is 18.2 Å². The molecule has 3 N–H and O–H groups in total. The van der Waals surface area contributed by atoms with Gasteiger partial charge in [0.15, 0.2) is 0 Å². The van der Waals surface area contributed by atoms with Crippen LogP contribution >= 0.6 is 0 Å². The number of methoxy groups -OCH3 is 1. The van der Waals surface area contributed by atoms with E-state index < -0.39 is 10.0 Å². The first kappa shape index (κ1) is 13.2. The molecule has 0 amide bonds. The van der Waals surface area contributed by atoms with Gasteiger partial charge in [0, 0.05) is 12.6 Å². The van der Waals surface area contributed by atoms with Crippen LogP contribution in [0.15, 0.2) is 23.1 Å². The molecule has 0 spiro atoms. The van der Waals surface area contributed by atoms with Gasteiger partial charge in [0.05, 0.1) is 12.8 Å². The minimum Gasteiger partial charge on any atom is -0.497 e. The fourth-order valence-electron chi connectivity index (χ4n) is 1.64.